The Balaban J connectivity index is 1.36. The van der Waals surface area contributed by atoms with Gasteiger partial charge in [0.2, 0.25) is 0 Å². The minimum absolute atomic E-state index is 0.115. The van der Waals surface area contributed by atoms with Crippen LogP contribution in [0.3, 0.4) is 0 Å². The summed E-state index contributed by atoms with van der Waals surface area (Å²) in [5.74, 6) is -0.00994. The zero-order chi connectivity index (χ0) is 24.3. The summed E-state index contributed by atoms with van der Waals surface area (Å²) in [6.45, 7) is 1.15. The van der Waals surface area contributed by atoms with Crippen LogP contribution in [-0.2, 0) is 10.3 Å². The fourth-order valence-electron chi connectivity index (χ4n) is 3.80. The molecule has 1 aliphatic heterocycles. The summed E-state index contributed by atoms with van der Waals surface area (Å²) in [6.07, 6.45) is -1.11. The van der Waals surface area contributed by atoms with Crippen LogP contribution in [0, 0.1) is 10.1 Å². The molecule has 2 N–H and O–H groups in total. The van der Waals surface area contributed by atoms with Gasteiger partial charge in [-0.05, 0) is 47.9 Å². The molecule has 9 heteroatoms. The Kier molecular flexibility index (Phi) is 6.29. The maximum absolute atomic E-state index is 13.0. The van der Waals surface area contributed by atoms with Crippen LogP contribution in [0.4, 0.5) is 10.5 Å². The number of carbonyl (C=O) groups excluding carboxylic acids is 2. The lowest BCUT2D eigenvalue weighted by Gasteiger charge is -2.23. The Morgan fingerprint density at radius 2 is 1.62 bits per heavy atom. The van der Waals surface area contributed by atoms with Crippen LogP contribution in [0.2, 0.25) is 0 Å². The van der Waals surface area contributed by atoms with Gasteiger partial charge in [-0.1, -0.05) is 42.5 Å². The van der Waals surface area contributed by atoms with Gasteiger partial charge >= 0.3 is 6.03 Å². The van der Waals surface area contributed by atoms with E-state index in [2.05, 4.69) is 5.32 Å². The molecule has 9 nitrogen and oxygen atoms in total. The third-order valence-electron chi connectivity index (χ3n) is 5.73. The first kappa shape index (κ1) is 22.9. The van der Waals surface area contributed by atoms with Gasteiger partial charge in [0, 0.05) is 12.1 Å². The Hall–Kier alpha value is -4.24. The second-order valence-corrected chi connectivity index (χ2v) is 8.13. The Bertz CT molecular complexity index is 1200. The fraction of sp³-hybridized carbons (Fsp3) is 0.200. The quantitative estimate of drug-likeness (QED) is 0.301. The number of ether oxygens (including phenoxy) is 1. The number of urea groups is 1. The Morgan fingerprint density at radius 3 is 2.24 bits per heavy atom. The van der Waals surface area contributed by atoms with Gasteiger partial charge < -0.3 is 15.2 Å². The van der Waals surface area contributed by atoms with Crippen molar-refractivity contribution in [3.63, 3.8) is 0 Å². The van der Waals surface area contributed by atoms with E-state index < -0.39 is 28.5 Å². The predicted molar refractivity (Wildman–Crippen MR) is 124 cm³/mol. The molecule has 34 heavy (non-hydrogen) atoms. The SMILES string of the molecule is CC1(c2ccc([N+](=O)[O-])cc2)NC(=O)N(CC(O)COc2ccc(-c3ccccc3)cc2)C1=O. The summed E-state index contributed by atoms with van der Waals surface area (Å²) in [5, 5.41) is 23.9. The number of aliphatic hydroxyl groups is 1. The van der Waals surface area contributed by atoms with Crippen LogP contribution in [0.1, 0.15) is 12.5 Å². The zero-order valence-electron chi connectivity index (χ0n) is 18.4. The first-order valence-electron chi connectivity index (χ1n) is 10.6. The van der Waals surface area contributed by atoms with Crippen molar-refractivity contribution in [1.29, 1.82) is 0 Å². The van der Waals surface area contributed by atoms with Crippen molar-refractivity contribution in [3.05, 3.63) is 94.5 Å². The standard InChI is InChI=1S/C25H23N3O6/c1-25(19-9-11-20(12-10-19)28(32)33)23(30)27(24(31)26-25)15-21(29)16-34-22-13-7-18(8-14-22)17-5-3-2-4-6-17/h2-14,21,29H,15-16H2,1H3,(H,26,31). The summed E-state index contributed by atoms with van der Waals surface area (Å²) in [7, 11) is 0. The smallest absolute Gasteiger partial charge is 0.325 e. The molecule has 0 spiro atoms. The second-order valence-electron chi connectivity index (χ2n) is 8.13. The molecular weight excluding hydrogens is 438 g/mol. The van der Waals surface area contributed by atoms with Crippen molar-refractivity contribution in [3.8, 4) is 16.9 Å². The molecule has 1 saturated heterocycles. The maximum Gasteiger partial charge on any atom is 0.325 e. The van der Waals surface area contributed by atoms with Crippen LogP contribution in [0.5, 0.6) is 5.75 Å². The van der Waals surface area contributed by atoms with E-state index in [1.54, 1.807) is 12.1 Å². The minimum atomic E-state index is -1.39. The first-order valence-corrected chi connectivity index (χ1v) is 10.6. The summed E-state index contributed by atoms with van der Waals surface area (Å²) in [5.41, 5.74) is 0.996. The van der Waals surface area contributed by atoms with Crippen LogP contribution in [0.25, 0.3) is 11.1 Å². The number of hydrogen-bond acceptors (Lipinski definition) is 6. The molecule has 0 radical (unpaired) electrons. The lowest BCUT2D eigenvalue weighted by Crippen LogP contribution is -2.42. The van der Waals surface area contributed by atoms with E-state index in [0.717, 1.165) is 16.0 Å². The van der Waals surface area contributed by atoms with Crippen LogP contribution >= 0.6 is 0 Å². The van der Waals surface area contributed by atoms with Crippen molar-refractivity contribution in [2.24, 2.45) is 0 Å². The number of β-amino-alcohol motifs (C(OH)–C–C–N with tert-alkyl or cyclic N) is 1. The van der Waals surface area contributed by atoms with Crippen LogP contribution in [0.15, 0.2) is 78.9 Å². The Morgan fingerprint density at radius 1 is 1.00 bits per heavy atom. The number of carbonyl (C=O) groups is 2. The topological polar surface area (TPSA) is 122 Å². The second kappa shape index (κ2) is 9.32. The molecule has 0 aliphatic carbocycles. The molecule has 4 rings (SSSR count). The normalized spacial score (nSPS) is 18.5. The maximum atomic E-state index is 13.0. The number of non-ortho nitro benzene ring substituents is 1. The molecule has 0 bridgehead atoms. The molecule has 1 fully saturated rings. The highest BCUT2D eigenvalue weighted by Gasteiger charge is 2.49. The molecule has 2 atom stereocenters. The molecule has 0 aromatic heterocycles. The van der Waals surface area contributed by atoms with Gasteiger partial charge in [-0.2, -0.15) is 0 Å². The third kappa shape index (κ3) is 4.60. The van der Waals surface area contributed by atoms with Crippen molar-refractivity contribution >= 4 is 17.6 Å². The number of rotatable bonds is 8. The molecular formula is C25H23N3O6. The van der Waals surface area contributed by atoms with Crippen molar-refractivity contribution in [1.82, 2.24) is 10.2 Å². The van der Waals surface area contributed by atoms with E-state index in [9.17, 15) is 24.8 Å². The number of hydrogen-bond donors (Lipinski definition) is 2. The first-order chi connectivity index (χ1) is 16.3. The lowest BCUT2D eigenvalue weighted by atomic mass is 9.92. The van der Waals surface area contributed by atoms with Crippen LogP contribution in [-0.4, -0.2) is 46.1 Å². The molecule has 2 unspecified atom stereocenters. The van der Waals surface area contributed by atoms with E-state index in [-0.39, 0.29) is 18.8 Å². The highest BCUT2D eigenvalue weighted by Crippen LogP contribution is 2.30. The van der Waals surface area contributed by atoms with Crippen molar-refractivity contribution in [2.45, 2.75) is 18.6 Å². The molecule has 174 valence electrons. The lowest BCUT2D eigenvalue weighted by molar-refractivity contribution is -0.384. The average molecular weight is 461 g/mol. The summed E-state index contributed by atoms with van der Waals surface area (Å²) >= 11 is 0. The molecule has 0 saturated carbocycles. The highest BCUT2D eigenvalue weighted by molar-refractivity contribution is 6.07. The van der Waals surface area contributed by atoms with Gasteiger partial charge in [0.15, 0.2) is 0 Å². The number of nitrogens with zero attached hydrogens (tertiary/aromatic N) is 2. The van der Waals surface area contributed by atoms with Gasteiger partial charge in [-0.3, -0.25) is 19.8 Å². The number of nitro groups is 1. The molecule has 1 aliphatic rings. The zero-order valence-corrected chi connectivity index (χ0v) is 18.4. The van der Waals surface area contributed by atoms with Crippen molar-refractivity contribution < 1.29 is 24.4 Å². The third-order valence-corrected chi connectivity index (χ3v) is 5.73. The minimum Gasteiger partial charge on any atom is -0.491 e. The number of benzene rings is 3. The monoisotopic (exact) mass is 461 g/mol. The van der Waals surface area contributed by atoms with Gasteiger partial charge in [0.1, 0.15) is 24.0 Å². The average Bonchev–Trinajstić information content (AvgIpc) is 3.07. The van der Waals surface area contributed by atoms with Gasteiger partial charge in [-0.25, -0.2) is 4.79 Å². The van der Waals surface area contributed by atoms with Gasteiger partial charge in [0.25, 0.3) is 11.6 Å². The van der Waals surface area contributed by atoms with Crippen molar-refractivity contribution in [2.75, 3.05) is 13.2 Å². The predicted octanol–water partition coefficient (Wildman–Crippen LogP) is 3.47. The Labute approximate surface area is 195 Å². The molecule has 3 aromatic rings. The van der Waals surface area contributed by atoms with E-state index in [1.165, 1.54) is 31.2 Å². The van der Waals surface area contributed by atoms with E-state index >= 15 is 0 Å². The summed E-state index contributed by atoms with van der Waals surface area (Å²) in [6, 6.07) is 22.0. The summed E-state index contributed by atoms with van der Waals surface area (Å²) in [4.78, 5) is 36.7. The van der Waals surface area contributed by atoms with E-state index in [1.807, 2.05) is 42.5 Å². The largest absolute Gasteiger partial charge is 0.491 e. The van der Waals surface area contributed by atoms with E-state index in [4.69, 9.17) is 4.74 Å². The number of nitrogens with one attached hydrogen (secondary N) is 1. The van der Waals surface area contributed by atoms with Gasteiger partial charge in [-0.15, -0.1) is 0 Å². The fourth-order valence-corrected chi connectivity index (χ4v) is 3.80. The molecule has 3 amide bonds. The molecule has 1 heterocycles. The molecule has 3 aromatic carbocycles. The highest BCUT2D eigenvalue weighted by atomic mass is 16.6. The van der Waals surface area contributed by atoms with E-state index in [0.29, 0.717) is 11.3 Å². The number of aliphatic hydroxyl groups excluding tert-OH is 1. The number of imide groups is 1. The summed E-state index contributed by atoms with van der Waals surface area (Å²) < 4.78 is 5.63. The van der Waals surface area contributed by atoms with Crippen LogP contribution < -0.4 is 10.1 Å². The number of amides is 3. The van der Waals surface area contributed by atoms with Gasteiger partial charge in [0.05, 0.1) is 11.5 Å². The number of nitro benzene ring substituents is 1.